The van der Waals surface area contributed by atoms with Crippen LogP contribution in [-0.4, -0.2) is 6.61 Å². The van der Waals surface area contributed by atoms with Crippen molar-refractivity contribution in [1.29, 1.82) is 0 Å². The molecule has 1 heterocycles. The lowest BCUT2D eigenvalue weighted by Gasteiger charge is -2.28. The number of anilines is 1. The average Bonchev–Trinajstić information content (AvgIpc) is 2.68. The van der Waals surface area contributed by atoms with Gasteiger partial charge in [-0.1, -0.05) is 48.0 Å². The van der Waals surface area contributed by atoms with E-state index in [2.05, 4.69) is 23.3 Å². The lowest BCUT2D eigenvalue weighted by atomic mass is 9.87. The van der Waals surface area contributed by atoms with Crippen molar-refractivity contribution in [3.63, 3.8) is 0 Å². The molecule has 4 nitrogen and oxygen atoms in total. The third-order valence-corrected chi connectivity index (χ3v) is 6.23. The normalized spacial score (nSPS) is 21.7. The van der Waals surface area contributed by atoms with Gasteiger partial charge in [0.25, 0.3) is 0 Å². The number of aryl methyl sites for hydroxylation is 1. The van der Waals surface area contributed by atoms with E-state index < -0.39 is 7.75 Å². The maximum Gasteiger partial charge on any atom is 0.486 e. The van der Waals surface area contributed by atoms with Crippen LogP contribution in [0.15, 0.2) is 72.8 Å². The Morgan fingerprint density at radius 1 is 1.04 bits per heavy atom. The third kappa shape index (κ3) is 4.11. The Kier molecular flexibility index (Phi) is 5.21. The van der Waals surface area contributed by atoms with Gasteiger partial charge in [0.05, 0.1) is 6.61 Å². The summed E-state index contributed by atoms with van der Waals surface area (Å²) in [6.07, 6.45) is 0.666. The van der Waals surface area contributed by atoms with Crippen LogP contribution < -0.4 is 9.61 Å². The summed E-state index contributed by atoms with van der Waals surface area (Å²) in [5, 5.41) is 2.81. The van der Waals surface area contributed by atoms with E-state index in [1.54, 1.807) is 0 Å². The molecule has 28 heavy (non-hydrogen) atoms. The van der Waals surface area contributed by atoms with Crippen LogP contribution in [0, 0.1) is 12.7 Å². The molecule has 2 atom stereocenters. The second-order valence-corrected chi connectivity index (χ2v) is 8.49. The minimum Gasteiger partial charge on any atom is -0.409 e. The molecule has 0 saturated carbocycles. The summed E-state index contributed by atoms with van der Waals surface area (Å²) in [5.74, 6) is 0.239. The summed E-state index contributed by atoms with van der Waals surface area (Å²) >= 11 is 0. The molecule has 0 bridgehead atoms. The summed E-state index contributed by atoms with van der Waals surface area (Å²) in [6, 6.07) is 21.6. The molecule has 2 unspecified atom stereocenters. The van der Waals surface area contributed by atoms with Gasteiger partial charge in [-0.2, -0.15) is 0 Å². The number of hydrogen-bond acceptors (Lipinski definition) is 3. The Bertz CT molecular complexity index is 1010. The molecule has 1 aliphatic rings. The topological polar surface area (TPSA) is 47.6 Å². The van der Waals surface area contributed by atoms with Crippen molar-refractivity contribution in [3.05, 3.63) is 95.3 Å². The highest BCUT2D eigenvalue weighted by molar-refractivity contribution is 7.55. The molecule has 0 spiro atoms. The zero-order chi connectivity index (χ0) is 19.6. The fourth-order valence-electron chi connectivity index (χ4n) is 3.39. The van der Waals surface area contributed by atoms with Gasteiger partial charge in [-0.05, 0) is 49.2 Å². The molecule has 6 heteroatoms. The highest BCUT2D eigenvalue weighted by Crippen LogP contribution is 2.52. The van der Waals surface area contributed by atoms with Gasteiger partial charge in [0.1, 0.15) is 11.6 Å². The van der Waals surface area contributed by atoms with Crippen LogP contribution in [0.25, 0.3) is 0 Å². The van der Waals surface area contributed by atoms with Crippen molar-refractivity contribution in [1.82, 2.24) is 0 Å². The molecular formula is C22H21FNO3P. The maximum atomic E-state index is 13.3. The van der Waals surface area contributed by atoms with E-state index in [4.69, 9.17) is 9.05 Å². The molecule has 4 rings (SSSR count). The molecule has 144 valence electrons. The van der Waals surface area contributed by atoms with Crippen LogP contribution >= 0.6 is 7.75 Å². The number of fused-ring (bicyclic) bond motifs is 1. The summed E-state index contributed by atoms with van der Waals surface area (Å²) < 4.78 is 38.0. The van der Waals surface area contributed by atoms with Crippen LogP contribution in [0.5, 0.6) is 5.75 Å². The molecule has 1 aliphatic heterocycles. The predicted octanol–water partition coefficient (Wildman–Crippen LogP) is 6.29. The second-order valence-electron chi connectivity index (χ2n) is 6.83. The quantitative estimate of drug-likeness (QED) is 0.528. The lowest BCUT2D eigenvalue weighted by Crippen LogP contribution is -2.16. The fraction of sp³-hybridized carbons (Fsp3) is 0.182. The highest BCUT2D eigenvalue weighted by Gasteiger charge is 2.32. The van der Waals surface area contributed by atoms with Crippen molar-refractivity contribution in [3.8, 4) is 5.75 Å². The summed E-state index contributed by atoms with van der Waals surface area (Å²) in [5.41, 5.74) is 3.71. The van der Waals surface area contributed by atoms with Gasteiger partial charge < -0.3 is 4.52 Å². The van der Waals surface area contributed by atoms with E-state index in [0.717, 1.165) is 16.7 Å². The van der Waals surface area contributed by atoms with E-state index in [-0.39, 0.29) is 18.3 Å². The maximum absolute atomic E-state index is 13.3. The van der Waals surface area contributed by atoms with E-state index >= 15 is 0 Å². The summed E-state index contributed by atoms with van der Waals surface area (Å²) in [6.45, 7) is 2.28. The average molecular weight is 397 g/mol. The van der Waals surface area contributed by atoms with Gasteiger partial charge >= 0.3 is 7.75 Å². The van der Waals surface area contributed by atoms with Crippen LogP contribution in [0.4, 0.5) is 10.1 Å². The molecule has 0 radical (unpaired) electrons. The molecule has 0 aromatic heterocycles. The Labute approximate surface area is 163 Å². The molecule has 0 amide bonds. The SMILES string of the molecule is Cc1ccc2c(c1)C(c1ccccc1)CCOP(=O)(Nc1ccc(F)cc1)O2. The molecular weight excluding hydrogens is 376 g/mol. The van der Waals surface area contributed by atoms with E-state index in [1.165, 1.54) is 24.3 Å². The Morgan fingerprint density at radius 3 is 2.54 bits per heavy atom. The molecule has 1 N–H and O–H groups in total. The number of benzene rings is 3. The van der Waals surface area contributed by atoms with E-state index in [0.29, 0.717) is 17.9 Å². The first-order chi connectivity index (χ1) is 13.5. The zero-order valence-corrected chi connectivity index (χ0v) is 16.4. The number of rotatable bonds is 3. The Morgan fingerprint density at radius 2 is 1.79 bits per heavy atom. The first kappa shape index (κ1) is 18.7. The van der Waals surface area contributed by atoms with Crippen molar-refractivity contribution in [2.75, 3.05) is 11.7 Å². The van der Waals surface area contributed by atoms with Gasteiger partial charge in [-0.15, -0.1) is 0 Å². The standard InChI is InChI=1S/C22H21FNO3P/c1-16-7-12-22-21(15-16)20(17-5-3-2-4-6-17)13-14-26-28(25,27-22)24-19-10-8-18(23)9-11-19/h2-12,15,20H,13-14H2,1H3,(H,24,25). The number of nitrogens with one attached hydrogen (secondary N) is 1. The van der Waals surface area contributed by atoms with Crippen molar-refractivity contribution in [2.45, 2.75) is 19.3 Å². The van der Waals surface area contributed by atoms with Gasteiger partial charge in [0, 0.05) is 17.2 Å². The molecule has 0 aliphatic carbocycles. The minimum atomic E-state index is -3.66. The van der Waals surface area contributed by atoms with E-state index in [1.807, 2.05) is 37.3 Å². The Hall–Kier alpha value is -2.62. The third-order valence-electron chi connectivity index (χ3n) is 4.74. The smallest absolute Gasteiger partial charge is 0.409 e. The van der Waals surface area contributed by atoms with Crippen LogP contribution in [0.2, 0.25) is 0 Å². The minimum absolute atomic E-state index is 0.0793. The molecule has 0 saturated heterocycles. The molecule has 3 aromatic rings. The lowest BCUT2D eigenvalue weighted by molar-refractivity contribution is 0.252. The van der Waals surface area contributed by atoms with Crippen molar-refractivity contribution in [2.24, 2.45) is 0 Å². The van der Waals surface area contributed by atoms with Gasteiger partial charge in [0.15, 0.2) is 0 Å². The number of halogens is 1. The van der Waals surface area contributed by atoms with Crippen LogP contribution in [0.3, 0.4) is 0 Å². The fourth-order valence-corrected chi connectivity index (χ4v) is 4.79. The number of hydrogen-bond donors (Lipinski definition) is 1. The van der Waals surface area contributed by atoms with Crippen molar-refractivity contribution < 1.29 is 18.0 Å². The monoisotopic (exact) mass is 397 g/mol. The molecule has 0 fully saturated rings. The predicted molar refractivity (Wildman–Crippen MR) is 108 cm³/mol. The first-order valence-electron chi connectivity index (χ1n) is 9.16. The highest BCUT2D eigenvalue weighted by atomic mass is 31.2. The van der Waals surface area contributed by atoms with Gasteiger partial charge in [-0.3, -0.25) is 9.61 Å². The molecule has 3 aromatic carbocycles. The second kappa shape index (κ2) is 7.78. The summed E-state index contributed by atoms with van der Waals surface area (Å²) in [7, 11) is -3.66. The van der Waals surface area contributed by atoms with Crippen LogP contribution in [0.1, 0.15) is 29.0 Å². The van der Waals surface area contributed by atoms with Crippen molar-refractivity contribution >= 4 is 13.4 Å². The first-order valence-corrected chi connectivity index (χ1v) is 10.7. The Balaban J connectivity index is 1.70. The van der Waals surface area contributed by atoms with Crippen LogP contribution in [-0.2, 0) is 9.09 Å². The van der Waals surface area contributed by atoms with Gasteiger partial charge in [-0.25, -0.2) is 8.96 Å². The van der Waals surface area contributed by atoms with E-state index in [9.17, 15) is 8.96 Å². The zero-order valence-electron chi connectivity index (χ0n) is 15.5. The summed E-state index contributed by atoms with van der Waals surface area (Å²) in [4.78, 5) is 0. The largest absolute Gasteiger partial charge is 0.486 e. The van der Waals surface area contributed by atoms with Gasteiger partial charge in [0.2, 0.25) is 0 Å².